The lowest BCUT2D eigenvalue weighted by atomic mass is 10.0. The molecule has 0 radical (unpaired) electrons. The van der Waals surface area contributed by atoms with Crippen LogP contribution in [0.1, 0.15) is 271 Å². The average Bonchev–Trinajstić information content (AvgIpc) is 3.25. The number of nitrogens with two attached hydrogens (primary N) is 1. The van der Waals surface area contributed by atoms with E-state index < -0.39 is 26.5 Å². The van der Waals surface area contributed by atoms with E-state index in [1.807, 2.05) is 0 Å². The molecule has 0 amide bonds. The Morgan fingerprint density at radius 1 is 0.475 bits per heavy atom. The minimum Gasteiger partial charge on any atom is -0.462 e. The molecule has 0 heterocycles. The normalized spacial score (nSPS) is 13.2. The van der Waals surface area contributed by atoms with Gasteiger partial charge >= 0.3 is 19.8 Å². The molecule has 362 valence electrons. The monoisotopic (exact) mass is 886 g/mol. The van der Waals surface area contributed by atoms with Gasteiger partial charge in [-0.25, -0.2) is 4.57 Å². The van der Waals surface area contributed by atoms with E-state index in [2.05, 4.69) is 26.0 Å². The van der Waals surface area contributed by atoms with Crippen molar-refractivity contribution in [1.82, 2.24) is 0 Å². The van der Waals surface area contributed by atoms with Crippen LogP contribution in [0, 0.1) is 0 Å². The highest BCUT2D eigenvalue weighted by atomic mass is 31.2. The fraction of sp³-hybridized carbons (Fsp3) is 0.922. The van der Waals surface area contributed by atoms with Crippen LogP contribution in [0.5, 0.6) is 0 Å². The van der Waals surface area contributed by atoms with E-state index in [4.69, 9.17) is 24.3 Å². The minimum atomic E-state index is -4.37. The third-order valence-electron chi connectivity index (χ3n) is 11.7. The summed E-state index contributed by atoms with van der Waals surface area (Å²) in [6.45, 7) is 3.77. The van der Waals surface area contributed by atoms with Gasteiger partial charge in [-0.3, -0.25) is 18.6 Å². The Hall–Kier alpha value is -1.25. The molecule has 61 heavy (non-hydrogen) atoms. The maximum absolute atomic E-state index is 12.6. The summed E-state index contributed by atoms with van der Waals surface area (Å²) in [7, 11) is -4.37. The van der Waals surface area contributed by atoms with Crippen molar-refractivity contribution in [2.24, 2.45) is 5.73 Å². The van der Waals surface area contributed by atoms with E-state index in [0.29, 0.717) is 6.42 Å². The number of hydrogen-bond donors (Lipinski definition) is 2. The van der Waals surface area contributed by atoms with Crippen molar-refractivity contribution in [2.75, 3.05) is 26.4 Å². The van der Waals surface area contributed by atoms with Crippen molar-refractivity contribution in [1.29, 1.82) is 0 Å². The predicted octanol–water partition coefficient (Wildman–Crippen LogP) is 15.7. The second-order valence-corrected chi connectivity index (χ2v) is 19.2. The zero-order valence-corrected chi connectivity index (χ0v) is 41.1. The zero-order chi connectivity index (χ0) is 44.6. The number of carbonyl (C=O) groups excluding carboxylic acids is 2. The number of phosphoric ester groups is 1. The first-order valence-electron chi connectivity index (χ1n) is 26.2. The summed E-state index contributed by atoms with van der Waals surface area (Å²) in [5.41, 5.74) is 5.36. The van der Waals surface area contributed by atoms with Crippen LogP contribution < -0.4 is 5.73 Å². The van der Waals surface area contributed by atoms with Crippen LogP contribution in [-0.2, 0) is 32.7 Å². The maximum atomic E-state index is 12.6. The van der Waals surface area contributed by atoms with Crippen molar-refractivity contribution in [2.45, 2.75) is 277 Å². The lowest BCUT2D eigenvalue weighted by molar-refractivity contribution is -0.161. The highest BCUT2D eigenvalue weighted by Crippen LogP contribution is 2.43. The molecule has 0 saturated carbocycles. The number of esters is 2. The van der Waals surface area contributed by atoms with Gasteiger partial charge in [0, 0.05) is 19.4 Å². The van der Waals surface area contributed by atoms with Crippen molar-refractivity contribution in [3.05, 3.63) is 12.2 Å². The smallest absolute Gasteiger partial charge is 0.462 e. The largest absolute Gasteiger partial charge is 0.472 e. The molecule has 0 aromatic rings. The molecule has 0 rings (SSSR count). The number of hydrogen-bond acceptors (Lipinski definition) is 8. The second kappa shape index (κ2) is 48.2. The first-order chi connectivity index (χ1) is 29.8. The van der Waals surface area contributed by atoms with Gasteiger partial charge in [-0.2, -0.15) is 0 Å². The fourth-order valence-electron chi connectivity index (χ4n) is 7.75. The third kappa shape index (κ3) is 48.1. The van der Waals surface area contributed by atoms with Crippen LogP contribution in [0.25, 0.3) is 0 Å². The highest BCUT2D eigenvalue weighted by molar-refractivity contribution is 7.47. The molecule has 0 aliphatic rings. The first-order valence-corrected chi connectivity index (χ1v) is 27.7. The number of carbonyl (C=O) groups is 2. The van der Waals surface area contributed by atoms with Crippen molar-refractivity contribution in [3.8, 4) is 0 Å². The Bertz CT molecular complexity index is 1010. The van der Waals surface area contributed by atoms with Gasteiger partial charge in [-0.15, -0.1) is 0 Å². The van der Waals surface area contributed by atoms with Crippen molar-refractivity contribution >= 4 is 19.8 Å². The van der Waals surface area contributed by atoms with E-state index in [0.717, 1.165) is 32.1 Å². The minimum absolute atomic E-state index is 0.0571. The van der Waals surface area contributed by atoms with Crippen LogP contribution in [-0.4, -0.2) is 49.3 Å². The van der Waals surface area contributed by atoms with Crippen LogP contribution in [0.3, 0.4) is 0 Å². The van der Waals surface area contributed by atoms with Gasteiger partial charge < -0.3 is 20.1 Å². The standard InChI is InChI=1S/C51H100NO8P/c1-3-5-7-9-11-13-15-16-17-18-19-20-21-22-23-24-25-26-27-28-29-30-31-32-34-36-38-40-42-44-51(54)60-49(48-59-61(55,56)58-46-45-52)47-57-50(53)43-41-39-37-35-33-14-12-10-8-6-4-2/h18-19,49H,3-17,20-48,52H2,1-2H3,(H,55,56)/b19-18-. The van der Waals surface area contributed by atoms with Crippen LogP contribution >= 0.6 is 7.82 Å². The number of rotatable bonds is 50. The summed E-state index contributed by atoms with van der Waals surface area (Å²) in [6.07, 6.45) is 52.7. The molecule has 0 saturated heterocycles. The van der Waals surface area contributed by atoms with Gasteiger partial charge in [0.05, 0.1) is 13.2 Å². The second-order valence-electron chi connectivity index (χ2n) is 17.8. The summed E-state index contributed by atoms with van der Waals surface area (Å²) in [5.74, 6) is -0.814. The third-order valence-corrected chi connectivity index (χ3v) is 12.6. The molecule has 0 aromatic heterocycles. The molecular formula is C51H100NO8P. The summed E-state index contributed by atoms with van der Waals surface area (Å²) >= 11 is 0. The van der Waals surface area contributed by atoms with E-state index in [1.54, 1.807) is 0 Å². The van der Waals surface area contributed by atoms with Gasteiger partial charge in [0.1, 0.15) is 6.61 Å². The molecule has 0 aromatic carbocycles. The molecule has 0 fully saturated rings. The number of allylic oxidation sites excluding steroid dienone is 2. The average molecular weight is 886 g/mol. The maximum Gasteiger partial charge on any atom is 0.472 e. The van der Waals surface area contributed by atoms with E-state index >= 15 is 0 Å². The number of unbranched alkanes of at least 4 members (excludes halogenated alkanes) is 35. The van der Waals surface area contributed by atoms with Gasteiger partial charge in [0.25, 0.3) is 0 Å². The lowest BCUT2D eigenvalue weighted by Crippen LogP contribution is -2.29. The fourth-order valence-corrected chi connectivity index (χ4v) is 8.52. The molecule has 0 bridgehead atoms. The topological polar surface area (TPSA) is 134 Å². The Morgan fingerprint density at radius 3 is 1.16 bits per heavy atom. The molecule has 0 aliphatic carbocycles. The number of phosphoric acid groups is 1. The van der Waals surface area contributed by atoms with E-state index in [-0.39, 0.29) is 38.6 Å². The van der Waals surface area contributed by atoms with Gasteiger partial charge in [0.15, 0.2) is 6.10 Å². The number of ether oxygens (including phenoxy) is 2. The van der Waals surface area contributed by atoms with Gasteiger partial charge in [-0.05, 0) is 38.5 Å². The van der Waals surface area contributed by atoms with Gasteiger partial charge in [-0.1, -0.05) is 231 Å². The molecular weight excluding hydrogens is 786 g/mol. The van der Waals surface area contributed by atoms with E-state index in [1.165, 1.54) is 205 Å². The van der Waals surface area contributed by atoms with Crippen LogP contribution in [0.4, 0.5) is 0 Å². The summed E-state index contributed by atoms with van der Waals surface area (Å²) in [5, 5.41) is 0. The van der Waals surface area contributed by atoms with Crippen molar-refractivity contribution in [3.63, 3.8) is 0 Å². The molecule has 9 nitrogen and oxygen atoms in total. The Morgan fingerprint density at radius 2 is 0.803 bits per heavy atom. The molecule has 0 spiro atoms. The lowest BCUT2D eigenvalue weighted by Gasteiger charge is -2.19. The Kier molecular flexibility index (Phi) is 47.2. The quantitative estimate of drug-likeness (QED) is 0.0265. The Labute approximate surface area is 377 Å². The Balaban J connectivity index is 3.86. The van der Waals surface area contributed by atoms with E-state index in [9.17, 15) is 19.0 Å². The SMILES string of the molecule is CCCCCCCCCC/C=C\CCCCCCCCCCCCCCCCCCCC(=O)OC(COC(=O)CCCCCCCCCCCCC)COP(=O)(O)OCCN. The summed E-state index contributed by atoms with van der Waals surface area (Å²) in [4.78, 5) is 34.9. The summed E-state index contributed by atoms with van der Waals surface area (Å²) in [6, 6.07) is 0. The van der Waals surface area contributed by atoms with Crippen LogP contribution in [0.2, 0.25) is 0 Å². The van der Waals surface area contributed by atoms with Gasteiger partial charge in [0.2, 0.25) is 0 Å². The summed E-state index contributed by atoms with van der Waals surface area (Å²) < 4.78 is 32.9. The molecule has 10 heteroatoms. The molecule has 0 aliphatic heterocycles. The van der Waals surface area contributed by atoms with Crippen LogP contribution in [0.15, 0.2) is 12.2 Å². The predicted molar refractivity (Wildman–Crippen MR) is 257 cm³/mol. The first kappa shape index (κ1) is 59.8. The zero-order valence-electron chi connectivity index (χ0n) is 40.2. The molecule has 2 atom stereocenters. The molecule has 3 N–H and O–H groups in total. The van der Waals surface area contributed by atoms with Crippen molar-refractivity contribution < 1.29 is 37.6 Å². The highest BCUT2D eigenvalue weighted by Gasteiger charge is 2.26. The molecule has 2 unspecified atom stereocenters.